The van der Waals surface area contributed by atoms with Crippen LogP contribution in [0.3, 0.4) is 0 Å². The van der Waals surface area contributed by atoms with E-state index >= 15 is 0 Å². The first-order chi connectivity index (χ1) is 3.63. The number of hydrogen-bond donors (Lipinski definition) is 1. The van der Waals surface area contributed by atoms with Gasteiger partial charge >= 0.3 is 56.3 Å². The summed E-state index contributed by atoms with van der Waals surface area (Å²) in [7, 11) is 0. The molecule has 0 fully saturated rings. The molecule has 0 aliphatic rings. The molecule has 0 aliphatic carbocycles. The van der Waals surface area contributed by atoms with E-state index in [0.29, 0.717) is 6.42 Å². The fraction of sp³-hybridized carbons (Fsp3) is 0.800. The number of aliphatic carboxylic acids is 1. The van der Waals surface area contributed by atoms with E-state index in [4.69, 9.17) is 5.11 Å². The van der Waals surface area contributed by atoms with Crippen molar-refractivity contribution in [2.45, 2.75) is 20.8 Å². The number of carbonyl (C=O) groups is 1. The molecule has 0 amide bonds. The average molecular weight is 231 g/mol. The summed E-state index contributed by atoms with van der Waals surface area (Å²) in [5.74, 6) is -0.653. The van der Waals surface area contributed by atoms with Gasteiger partial charge in [-0.3, -0.25) is 0 Å². The fourth-order valence-corrected chi connectivity index (χ4v) is 1.96. The quantitative estimate of drug-likeness (QED) is 0.741. The zero-order chi connectivity index (χ0) is 6.57. The van der Waals surface area contributed by atoms with Gasteiger partial charge in [0.1, 0.15) is 0 Å². The predicted octanol–water partition coefficient (Wildman–Crippen LogP) is 1.22. The summed E-state index contributed by atoms with van der Waals surface area (Å²) in [6, 6.07) is 0. The Hall–Kier alpha value is 0.260. The fourth-order valence-electron chi connectivity index (χ4n) is 0.291. The van der Waals surface area contributed by atoms with Gasteiger partial charge in [-0.05, 0) is 0 Å². The van der Waals surface area contributed by atoms with Gasteiger partial charge in [-0.2, -0.15) is 0 Å². The van der Waals surface area contributed by atoms with Gasteiger partial charge in [0.05, 0.1) is 0 Å². The topological polar surface area (TPSA) is 37.3 Å². The molecule has 1 N–H and O–H groups in total. The van der Waals surface area contributed by atoms with Gasteiger partial charge < -0.3 is 0 Å². The van der Waals surface area contributed by atoms with Crippen molar-refractivity contribution in [3.8, 4) is 0 Å². The normalized spacial score (nSPS) is 9.88. The van der Waals surface area contributed by atoms with Crippen LogP contribution in [0.1, 0.15) is 6.42 Å². The molecular formula is C5H11O2Te+. The number of rotatable bonds is 3. The molecule has 0 rings (SSSR count). The summed E-state index contributed by atoms with van der Waals surface area (Å²) in [5, 5.41) is 8.19. The number of carboxylic acid groups (broad SMARTS) is 1. The molecule has 0 radical (unpaired) electrons. The number of hydrogen-bond acceptors (Lipinski definition) is 1. The second-order valence-corrected chi connectivity index (χ2v) is 8.62. The van der Waals surface area contributed by atoms with E-state index in [1.54, 1.807) is 0 Å². The monoisotopic (exact) mass is 233 g/mol. The Morgan fingerprint density at radius 1 is 1.62 bits per heavy atom. The zero-order valence-electron chi connectivity index (χ0n) is 5.18. The van der Waals surface area contributed by atoms with Gasteiger partial charge in [0, 0.05) is 0 Å². The van der Waals surface area contributed by atoms with Crippen LogP contribution in [0.4, 0.5) is 0 Å². The third kappa shape index (κ3) is 6.26. The molecule has 0 unspecified atom stereocenters. The van der Waals surface area contributed by atoms with E-state index in [1.165, 1.54) is 0 Å². The molecule has 0 bridgehead atoms. The Balaban J connectivity index is 3.05. The van der Waals surface area contributed by atoms with Crippen LogP contribution in [0.15, 0.2) is 0 Å². The minimum atomic E-state index is -0.857. The van der Waals surface area contributed by atoms with Crippen molar-refractivity contribution in [1.29, 1.82) is 0 Å². The molecule has 3 heteroatoms. The Labute approximate surface area is 56.5 Å². The third-order valence-corrected chi connectivity index (χ3v) is 3.64. The van der Waals surface area contributed by atoms with E-state index in [2.05, 4.69) is 9.94 Å². The van der Waals surface area contributed by atoms with Crippen LogP contribution in [0.5, 0.6) is 0 Å². The molecule has 0 spiro atoms. The van der Waals surface area contributed by atoms with Gasteiger partial charge in [-0.15, -0.1) is 0 Å². The first-order valence-corrected chi connectivity index (χ1v) is 8.70. The molecule has 0 aromatic carbocycles. The molecule has 48 valence electrons. The first-order valence-electron chi connectivity index (χ1n) is 2.39. The Morgan fingerprint density at radius 3 is 2.25 bits per heavy atom. The van der Waals surface area contributed by atoms with Crippen molar-refractivity contribution in [2.75, 3.05) is 0 Å². The molecule has 0 saturated heterocycles. The summed E-state index contributed by atoms with van der Waals surface area (Å²) in [4.78, 5) is 14.3. The average Bonchev–Trinajstić information content (AvgIpc) is 1.61. The van der Waals surface area contributed by atoms with Crippen LogP contribution >= 0.6 is 0 Å². The Kier molecular flexibility index (Phi) is 4.30. The minimum absolute atomic E-state index is 0.379. The number of carboxylic acids is 1. The van der Waals surface area contributed by atoms with Crippen molar-refractivity contribution < 1.29 is 9.90 Å². The molecular weight excluding hydrogens is 220 g/mol. The van der Waals surface area contributed by atoms with Crippen LogP contribution in [-0.4, -0.2) is 30.6 Å². The van der Waals surface area contributed by atoms with E-state index in [1.807, 2.05) is 0 Å². The van der Waals surface area contributed by atoms with Crippen LogP contribution < -0.4 is 0 Å². The van der Waals surface area contributed by atoms with Crippen molar-refractivity contribution in [1.82, 2.24) is 0 Å². The van der Waals surface area contributed by atoms with Gasteiger partial charge in [-0.1, -0.05) is 0 Å². The molecule has 2 nitrogen and oxygen atoms in total. The van der Waals surface area contributed by atoms with Crippen molar-refractivity contribution in [3.63, 3.8) is 0 Å². The molecule has 0 atom stereocenters. The SMILES string of the molecule is C[Te+](C)CCC(=O)O. The van der Waals surface area contributed by atoms with Crippen LogP contribution in [0.2, 0.25) is 14.4 Å². The third-order valence-electron chi connectivity index (χ3n) is 0.724. The van der Waals surface area contributed by atoms with Gasteiger partial charge in [-0.25, -0.2) is 0 Å². The Morgan fingerprint density at radius 2 is 2.12 bits per heavy atom. The van der Waals surface area contributed by atoms with Gasteiger partial charge in [0.15, 0.2) is 0 Å². The van der Waals surface area contributed by atoms with Gasteiger partial charge in [0.2, 0.25) is 0 Å². The molecule has 0 aromatic rings. The second-order valence-electron chi connectivity index (χ2n) is 1.83. The summed E-state index contributed by atoms with van der Waals surface area (Å²) in [6.07, 6.45) is 0.379. The van der Waals surface area contributed by atoms with Crippen molar-refractivity contribution in [2.24, 2.45) is 0 Å². The summed E-state index contributed by atoms with van der Waals surface area (Å²) in [6.45, 7) is 0. The summed E-state index contributed by atoms with van der Waals surface area (Å²) >= 11 is -0.857. The van der Waals surface area contributed by atoms with Gasteiger partial charge in [0.25, 0.3) is 0 Å². The molecule has 0 saturated carbocycles. The summed E-state index contributed by atoms with van der Waals surface area (Å²) < 4.78 is 0.957. The Bertz CT molecular complexity index is 80.5. The zero-order valence-corrected chi connectivity index (χ0v) is 7.51. The molecule has 0 heterocycles. The standard InChI is InChI=1S/C5H10O2Te/c1-8(2)4-3-5(6)7/h3-4H2,1-2H3/p+1. The second kappa shape index (κ2) is 4.17. The molecule has 0 aliphatic heterocycles. The van der Waals surface area contributed by atoms with E-state index < -0.39 is 25.5 Å². The van der Waals surface area contributed by atoms with Crippen LogP contribution in [0, 0.1) is 0 Å². The van der Waals surface area contributed by atoms with Crippen LogP contribution in [-0.2, 0) is 4.79 Å². The summed E-state index contributed by atoms with van der Waals surface area (Å²) in [5.41, 5.74) is 0. The molecule has 0 aromatic heterocycles. The van der Waals surface area contributed by atoms with E-state index in [-0.39, 0.29) is 0 Å². The van der Waals surface area contributed by atoms with Crippen LogP contribution in [0.25, 0.3) is 0 Å². The molecule has 8 heavy (non-hydrogen) atoms. The van der Waals surface area contributed by atoms with E-state index in [9.17, 15) is 4.79 Å². The maximum absolute atomic E-state index is 9.93. The first kappa shape index (κ1) is 8.26. The maximum atomic E-state index is 9.93. The predicted molar refractivity (Wildman–Crippen MR) is 34.5 cm³/mol. The van der Waals surface area contributed by atoms with Crippen molar-refractivity contribution in [3.05, 3.63) is 0 Å². The van der Waals surface area contributed by atoms with Crippen molar-refractivity contribution >= 4 is 25.5 Å². The van der Waals surface area contributed by atoms with E-state index in [0.717, 1.165) is 4.47 Å².